The summed E-state index contributed by atoms with van der Waals surface area (Å²) in [7, 11) is -3.94. The maximum absolute atomic E-state index is 12.3. The molecule has 0 spiro atoms. The molecule has 2 aromatic carbocycles. The van der Waals surface area contributed by atoms with E-state index in [9.17, 15) is 18.0 Å². The van der Waals surface area contributed by atoms with E-state index < -0.39 is 28.5 Å². The molecule has 1 amide bonds. The van der Waals surface area contributed by atoms with Crippen molar-refractivity contribution in [1.29, 1.82) is 0 Å². The van der Waals surface area contributed by atoms with Gasteiger partial charge in [0.2, 0.25) is 10.0 Å². The van der Waals surface area contributed by atoms with Gasteiger partial charge in [-0.25, -0.2) is 18.4 Å². The van der Waals surface area contributed by atoms with Gasteiger partial charge in [0.1, 0.15) is 18.1 Å². The van der Waals surface area contributed by atoms with Gasteiger partial charge in [0, 0.05) is 5.69 Å². The van der Waals surface area contributed by atoms with Gasteiger partial charge in [-0.1, -0.05) is 17.3 Å². The van der Waals surface area contributed by atoms with Gasteiger partial charge < -0.3 is 19.3 Å². The van der Waals surface area contributed by atoms with Crippen molar-refractivity contribution in [2.24, 2.45) is 5.14 Å². The van der Waals surface area contributed by atoms with Gasteiger partial charge in [-0.3, -0.25) is 4.79 Å². The van der Waals surface area contributed by atoms with E-state index in [4.69, 9.17) is 19.1 Å². The summed E-state index contributed by atoms with van der Waals surface area (Å²) < 4.78 is 39.1. The highest BCUT2D eigenvalue weighted by atomic mass is 32.2. The number of rotatable bonds is 8. The Morgan fingerprint density at radius 2 is 1.88 bits per heavy atom. The maximum atomic E-state index is 12.3. The van der Waals surface area contributed by atoms with Gasteiger partial charge in [-0.05, 0) is 56.7 Å². The van der Waals surface area contributed by atoms with Crippen LogP contribution in [0.3, 0.4) is 0 Å². The molecule has 10 nitrogen and oxygen atoms in total. The highest BCUT2D eigenvalue weighted by Gasteiger charge is 2.15. The monoisotopic (exact) mass is 473 g/mol. The molecule has 11 heteroatoms. The molecule has 0 unspecified atom stereocenters. The minimum atomic E-state index is -3.94. The summed E-state index contributed by atoms with van der Waals surface area (Å²) in [5.74, 6) is -0.275. The van der Waals surface area contributed by atoms with E-state index in [2.05, 4.69) is 10.5 Å². The van der Waals surface area contributed by atoms with E-state index in [1.807, 2.05) is 0 Å². The second-order valence-electron chi connectivity index (χ2n) is 7.27. The van der Waals surface area contributed by atoms with Crippen LogP contribution in [0.4, 0.5) is 5.69 Å². The molecule has 3 rings (SSSR count). The van der Waals surface area contributed by atoms with E-state index in [1.165, 1.54) is 30.3 Å². The summed E-state index contributed by atoms with van der Waals surface area (Å²) in [6.45, 7) is 4.82. The Morgan fingerprint density at radius 3 is 2.55 bits per heavy atom. The van der Waals surface area contributed by atoms with Crippen LogP contribution in [0.2, 0.25) is 0 Å². The first-order valence-electron chi connectivity index (χ1n) is 9.79. The molecule has 0 radical (unpaired) electrons. The molecule has 3 N–H and O–H groups in total. The number of esters is 1. The lowest BCUT2D eigenvalue weighted by atomic mass is 10.2. The molecule has 0 fully saturated rings. The number of carbonyl (C=O) groups is 2. The molecule has 0 aliphatic rings. The van der Waals surface area contributed by atoms with Crippen LogP contribution in [-0.2, 0) is 26.2 Å². The number of anilines is 1. The predicted octanol–water partition coefficient (Wildman–Crippen LogP) is 2.62. The Morgan fingerprint density at radius 1 is 1.12 bits per heavy atom. The van der Waals surface area contributed by atoms with Crippen LogP contribution in [0.5, 0.6) is 5.75 Å². The van der Waals surface area contributed by atoms with Crippen molar-refractivity contribution in [3.05, 3.63) is 70.6 Å². The van der Waals surface area contributed by atoms with E-state index in [-0.39, 0.29) is 22.8 Å². The number of nitrogens with one attached hydrogen (secondary N) is 1. The Balaban J connectivity index is 1.57. The summed E-state index contributed by atoms with van der Waals surface area (Å²) >= 11 is 0. The van der Waals surface area contributed by atoms with Crippen molar-refractivity contribution >= 4 is 27.6 Å². The first-order valence-corrected chi connectivity index (χ1v) is 11.3. The van der Waals surface area contributed by atoms with Crippen molar-refractivity contribution < 1.29 is 32.0 Å². The Labute approximate surface area is 190 Å². The standard InChI is InChI=1S/C22H23N3O7S/c1-13-7-8-17(10-20(13)33(23,28)29)24-21(26)12-31-22(27)16-5-4-6-18(9-16)30-11-19-14(2)25-32-15(19)3/h4-10H,11-12H2,1-3H3,(H,24,26)(H2,23,28,29). The Kier molecular flexibility index (Phi) is 7.14. The molecule has 33 heavy (non-hydrogen) atoms. The number of sulfonamides is 1. The van der Waals surface area contributed by atoms with Gasteiger partial charge in [-0.15, -0.1) is 0 Å². The molecule has 0 bridgehead atoms. The van der Waals surface area contributed by atoms with Crippen LogP contribution in [0, 0.1) is 20.8 Å². The summed E-state index contributed by atoms with van der Waals surface area (Å²) in [4.78, 5) is 24.4. The molecule has 1 aromatic heterocycles. The van der Waals surface area contributed by atoms with Crippen LogP contribution in [-0.4, -0.2) is 32.1 Å². The first-order chi connectivity index (χ1) is 15.5. The lowest BCUT2D eigenvalue weighted by Crippen LogP contribution is -2.21. The molecule has 0 atom stereocenters. The maximum Gasteiger partial charge on any atom is 0.338 e. The van der Waals surface area contributed by atoms with Crippen LogP contribution in [0.15, 0.2) is 51.9 Å². The smallest absolute Gasteiger partial charge is 0.338 e. The average Bonchev–Trinajstić information content (AvgIpc) is 3.08. The highest BCUT2D eigenvalue weighted by molar-refractivity contribution is 7.89. The van der Waals surface area contributed by atoms with Crippen LogP contribution < -0.4 is 15.2 Å². The lowest BCUT2D eigenvalue weighted by molar-refractivity contribution is -0.119. The summed E-state index contributed by atoms with van der Waals surface area (Å²) in [6, 6.07) is 10.6. The van der Waals surface area contributed by atoms with Gasteiger partial charge in [0.05, 0.1) is 21.7 Å². The van der Waals surface area contributed by atoms with E-state index in [0.717, 1.165) is 11.3 Å². The average molecular weight is 474 g/mol. The third-order valence-electron chi connectivity index (χ3n) is 4.75. The molecule has 0 aliphatic heterocycles. The van der Waals surface area contributed by atoms with Crippen LogP contribution >= 0.6 is 0 Å². The zero-order valence-electron chi connectivity index (χ0n) is 18.2. The van der Waals surface area contributed by atoms with Gasteiger partial charge in [-0.2, -0.15) is 0 Å². The second-order valence-corrected chi connectivity index (χ2v) is 8.80. The number of aromatic nitrogens is 1. The number of hydrogen-bond acceptors (Lipinski definition) is 8. The third-order valence-corrected chi connectivity index (χ3v) is 5.80. The Bertz CT molecular complexity index is 1280. The summed E-state index contributed by atoms with van der Waals surface area (Å²) in [6.07, 6.45) is 0. The number of ether oxygens (including phenoxy) is 2. The van der Waals surface area contributed by atoms with E-state index in [1.54, 1.807) is 32.9 Å². The molecule has 0 saturated carbocycles. The quantitative estimate of drug-likeness (QED) is 0.474. The van der Waals surface area contributed by atoms with Gasteiger partial charge >= 0.3 is 5.97 Å². The molecular formula is C22H23N3O7S. The van der Waals surface area contributed by atoms with Crippen molar-refractivity contribution in [2.75, 3.05) is 11.9 Å². The van der Waals surface area contributed by atoms with Gasteiger partial charge in [0.15, 0.2) is 6.61 Å². The SMILES string of the molecule is Cc1ccc(NC(=O)COC(=O)c2cccc(OCc3c(C)noc3C)c2)cc1S(N)(=O)=O. The summed E-state index contributed by atoms with van der Waals surface area (Å²) in [5, 5.41) is 11.5. The van der Waals surface area contributed by atoms with Crippen molar-refractivity contribution in [3.8, 4) is 5.75 Å². The number of benzene rings is 2. The van der Waals surface area contributed by atoms with Crippen LogP contribution in [0.1, 0.15) is 32.9 Å². The normalized spacial score (nSPS) is 11.2. The number of nitrogens with zero attached hydrogens (tertiary/aromatic N) is 1. The molecule has 1 heterocycles. The fourth-order valence-electron chi connectivity index (χ4n) is 2.97. The molecule has 0 saturated heterocycles. The van der Waals surface area contributed by atoms with Crippen molar-refractivity contribution in [3.63, 3.8) is 0 Å². The zero-order valence-corrected chi connectivity index (χ0v) is 19.1. The number of carbonyl (C=O) groups excluding carboxylic acids is 2. The number of amides is 1. The third kappa shape index (κ3) is 6.18. The van der Waals surface area contributed by atoms with Crippen molar-refractivity contribution in [2.45, 2.75) is 32.3 Å². The fraction of sp³-hybridized carbons (Fsp3) is 0.227. The molecule has 3 aromatic rings. The topological polar surface area (TPSA) is 151 Å². The van der Waals surface area contributed by atoms with Gasteiger partial charge in [0.25, 0.3) is 5.91 Å². The predicted molar refractivity (Wildman–Crippen MR) is 118 cm³/mol. The molecular weight excluding hydrogens is 450 g/mol. The zero-order chi connectivity index (χ0) is 24.2. The minimum absolute atomic E-state index is 0.106. The highest BCUT2D eigenvalue weighted by Crippen LogP contribution is 2.20. The second kappa shape index (κ2) is 9.84. The largest absolute Gasteiger partial charge is 0.489 e. The number of hydrogen-bond donors (Lipinski definition) is 2. The Hall–Kier alpha value is -3.70. The van der Waals surface area contributed by atoms with Crippen LogP contribution in [0.25, 0.3) is 0 Å². The van der Waals surface area contributed by atoms with Crippen molar-refractivity contribution in [1.82, 2.24) is 5.16 Å². The lowest BCUT2D eigenvalue weighted by Gasteiger charge is -2.10. The molecule has 0 aliphatic carbocycles. The number of primary sulfonamides is 1. The first kappa shape index (κ1) is 24.0. The van der Waals surface area contributed by atoms with E-state index in [0.29, 0.717) is 17.1 Å². The molecule has 174 valence electrons. The van der Waals surface area contributed by atoms with E-state index >= 15 is 0 Å². The minimum Gasteiger partial charge on any atom is -0.489 e. The summed E-state index contributed by atoms with van der Waals surface area (Å²) in [5.41, 5.74) is 2.39. The number of aryl methyl sites for hydroxylation is 3. The number of nitrogens with two attached hydrogens (primary N) is 1. The fourth-order valence-corrected chi connectivity index (χ4v) is 3.78.